The summed E-state index contributed by atoms with van der Waals surface area (Å²) < 4.78 is 7.87. The Morgan fingerprint density at radius 3 is 2.96 bits per heavy atom. The molecule has 0 unspecified atom stereocenters. The van der Waals surface area contributed by atoms with Crippen LogP contribution in [0.2, 0.25) is 0 Å². The van der Waals surface area contributed by atoms with Gasteiger partial charge in [-0.3, -0.25) is 0 Å². The lowest BCUT2D eigenvalue weighted by atomic mass is 9.94. The highest BCUT2D eigenvalue weighted by Gasteiger charge is 2.16. The fraction of sp³-hybridized carbons (Fsp3) is 0.368. The minimum absolute atomic E-state index is 0.498. The van der Waals surface area contributed by atoms with E-state index in [4.69, 9.17) is 9.72 Å². The molecular formula is C19H22N4O. The lowest BCUT2D eigenvalue weighted by molar-refractivity contribution is 0.292. The zero-order valence-corrected chi connectivity index (χ0v) is 13.9. The minimum Gasteiger partial charge on any atom is -0.473 e. The minimum atomic E-state index is 0.498. The van der Waals surface area contributed by atoms with Crippen molar-refractivity contribution in [3.05, 3.63) is 59.5 Å². The molecule has 0 aliphatic carbocycles. The molecule has 0 spiro atoms. The van der Waals surface area contributed by atoms with Gasteiger partial charge in [0.05, 0.1) is 11.2 Å². The van der Waals surface area contributed by atoms with E-state index in [9.17, 15) is 0 Å². The first-order valence-electron chi connectivity index (χ1n) is 8.54. The van der Waals surface area contributed by atoms with Crippen LogP contribution in [0.15, 0.2) is 42.6 Å². The quantitative estimate of drug-likeness (QED) is 0.802. The predicted octanol–water partition coefficient (Wildman–Crippen LogP) is 3.08. The van der Waals surface area contributed by atoms with Gasteiger partial charge in [-0.05, 0) is 51.1 Å². The van der Waals surface area contributed by atoms with Gasteiger partial charge in [0.15, 0.2) is 0 Å². The van der Waals surface area contributed by atoms with Crippen LogP contribution in [-0.4, -0.2) is 27.7 Å². The summed E-state index contributed by atoms with van der Waals surface area (Å²) in [6, 6.07) is 12.3. The van der Waals surface area contributed by atoms with Crippen molar-refractivity contribution in [3.63, 3.8) is 0 Å². The van der Waals surface area contributed by atoms with Gasteiger partial charge in [-0.1, -0.05) is 12.1 Å². The van der Waals surface area contributed by atoms with Crippen molar-refractivity contribution in [3.8, 4) is 5.88 Å². The number of aromatic nitrogens is 3. The number of hydrogen-bond acceptors (Lipinski definition) is 4. The molecule has 4 rings (SSSR count). The van der Waals surface area contributed by atoms with Gasteiger partial charge in [0, 0.05) is 29.4 Å². The molecule has 0 saturated carbocycles. The Morgan fingerprint density at radius 1 is 1.21 bits per heavy atom. The van der Waals surface area contributed by atoms with Crippen molar-refractivity contribution in [1.29, 1.82) is 0 Å². The molecule has 0 atom stereocenters. The van der Waals surface area contributed by atoms with E-state index in [1.807, 2.05) is 35.8 Å². The summed E-state index contributed by atoms with van der Waals surface area (Å²) in [5, 5.41) is 7.84. The van der Waals surface area contributed by atoms with Crippen LogP contribution >= 0.6 is 0 Å². The number of hydrogen-bond donors (Lipinski definition) is 1. The van der Waals surface area contributed by atoms with Gasteiger partial charge in [0.2, 0.25) is 5.88 Å². The first-order chi connectivity index (χ1) is 11.8. The molecule has 3 aromatic heterocycles. The Balaban J connectivity index is 1.51. The van der Waals surface area contributed by atoms with Gasteiger partial charge in [0.25, 0.3) is 0 Å². The van der Waals surface area contributed by atoms with Crippen LogP contribution in [0.5, 0.6) is 5.88 Å². The molecule has 5 heteroatoms. The van der Waals surface area contributed by atoms with Crippen LogP contribution in [0.3, 0.4) is 0 Å². The Labute approximate surface area is 141 Å². The van der Waals surface area contributed by atoms with E-state index in [1.54, 1.807) is 0 Å². The number of nitrogens with one attached hydrogen (secondary N) is 1. The fourth-order valence-electron chi connectivity index (χ4n) is 3.33. The molecule has 0 aromatic carbocycles. The molecule has 0 radical (unpaired) electrons. The highest BCUT2D eigenvalue weighted by Crippen LogP contribution is 2.25. The van der Waals surface area contributed by atoms with E-state index in [2.05, 4.69) is 28.6 Å². The number of nitrogens with zero attached hydrogens (tertiary/aromatic N) is 3. The Hall–Kier alpha value is -2.40. The summed E-state index contributed by atoms with van der Waals surface area (Å²) in [6.07, 6.45) is 4.25. The van der Waals surface area contributed by atoms with Gasteiger partial charge in [-0.2, -0.15) is 5.10 Å². The number of pyridine rings is 2. The molecule has 3 aromatic rings. The lowest BCUT2D eigenvalue weighted by Crippen LogP contribution is -2.27. The highest BCUT2D eigenvalue weighted by atomic mass is 16.5. The van der Waals surface area contributed by atoms with Crippen LogP contribution in [0.1, 0.15) is 35.7 Å². The molecule has 124 valence electrons. The van der Waals surface area contributed by atoms with Crippen LogP contribution in [0.4, 0.5) is 0 Å². The summed E-state index contributed by atoms with van der Waals surface area (Å²) in [5.41, 5.74) is 4.36. The summed E-state index contributed by atoms with van der Waals surface area (Å²) in [7, 11) is 0. The molecule has 24 heavy (non-hydrogen) atoms. The molecule has 1 aliphatic heterocycles. The van der Waals surface area contributed by atoms with Crippen LogP contribution in [0.25, 0.3) is 5.52 Å². The maximum absolute atomic E-state index is 5.97. The molecule has 0 amide bonds. The molecule has 1 fully saturated rings. The van der Waals surface area contributed by atoms with Gasteiger partial charge < -0.3 is 10.1 Å². The normalized spacial score (nSPS) is 15.7. The number of aryl methyl sites for hydroxylation is 1. The third-order valence-electron chi connectivity index (χ3n) is 4.59. The van der Waals surface area contributed by atoms with Crippen molar-refractivity contribution < 1.29 is 4.74 Å². The Morgan fingerprint density at radius 2 is 2.08 bits per heavy atom. The predicted molar refractivity (Wildman–Crippen MR) is 93.3 cm³/mol. The van der Waals surface area contributed by atoms with Crippen LogP contribution in [-0.2, 0) is 6.61 Å². The third-order valence-corrected chi connectivity index (χ3v) is 4.59. The van der Waals surface area contributed by atoms with E-state index in [0.29, 0.717) is 18.4 Å². The zero-order valence-electron chi connectivity index (χ0n) is 13.9. The monoisotopic (exact) mass is 322 g/mol. The van der Waals surface area contributed by atoms with Crippen molar-refractivity contribution in [1.82, 2.24) is 19.9 Å². The second-order valence-corrected chi connectivity index (χ2v) is 6.36. The first-order valence-corrected chi connectivity index (χ1v) is 8.54. The fourth-order valence-corrected chi connectivity index (χ4v) is 3.33. The molecule has 5 nitrogen and oxygen atoms in total. The highest BCUT2D eigenvalue weighted by molar-refractivity contribution is 5.54. The molecule has 1 N–H and O–H groups in total. The maximum atomic E-state index is 5.97. The largest absolute Gasteiger partial charge is 0.473 e. The van der Waals surface area contributed by atoms with E-state index in [1.165, 1.54) is 0 Å². The topological polar surface area (TPSA) is 51.5 Å². The summed E-state index contributed by atoms with van der Waals surface area (Å²) >= 11 is 0. The molecule has 1 aliphatic rings. The SMILES string of the molecule is Cc1cc2c(COc3cccc(C4CCNCC4)n3)cccn2n1. The number of fused-ring (bicyclic) bond motifs is 1. The van der Waals surface area contributed by atoms with Crippen molar-refractivity contribution in [2.75, 3.05) is 13.1 Å². The van der Waals surface area contributed by atoms with Crippen LogP contribution in [0, 0.1) is 6.92 Å². The van der Waals surface area contributed by atoms with E-state index >= 15 is 0 Å². The summed E-state index contributed by atoms with van der Waals surface area (Å²) in [6.45, 7) is 4.64. The standard InChI is InChI=1S/C19H22N4O/c1-14-12-18-16(4-3-11-23(18)22-14)13-24-19-6-2-5-17(21-19)15-7-9-20-10-8-15/h2-6,11-12,15,20H,7-10,13H2,1H3. The van der Waals surface area contributed by atoms with E-state index in [-0.39, 0.29) is 0 Å². The average Bonchev–Trinajstić information content (AvgIpc) is 3.02. The van der Waals surface area contributed by atoms with Gasteiger partial charge in [0.1, 0.15) is 6.61 Å². The van der Waals surface area contributed by atoms with Crippen molar-refractivity contribution in [2.24, 2.45) is 0 Å². The molecular weight excluding hydrogens is 300 g/mol. The van der Waals surface area contributed by atoms with E-state index in [0.717, 1.165) is 48.4 Å². The number of rotatable bonds is 4. The Bertz CT molecular complexity index is 836. The zero-order chi connectivity index (χ0) is 16.4. The van der Waals surface area contributed by atoms with E-state index < -0.39 is 0 Å². The van der Waals surface area contributed by atoms with Crippen molar-refractivity contribution in [2.45, 2.75) is 32.3 Å². The number of piperidine rings is 1. The van der Waals surface area contributed by atoms with Crippen LogP contribution < -0.4 is 10.1 Å². The third kappa shape index (κ3) is 3.12. The molecule has 4 heterocycles. The summed E-state index contributed by atoms with van der Waals surface area (Å²) in [5.74, 6) is 1.24. The first kappa shape index (κ1) is 15.1. The molecule has 1 saturated heterocycles. The van der Waals surface area contributed by atoms with Crippen molar-refractivity contribution >= 4 is 5.52 Å². The van der Waals surface area contributed by atoms with Gasteiger partial charge >= 0.3 is 0 Å². The Kier molecular flexibility index (Phi) is 4.17. The van der Waals surface area contributed by atoms with Gasteiger partial charge in [-0.15, -0.1) is 0 Å². The number of ether oxygens (including phenoxy) is 1. The molecule has 0 bridgehead atoms. The second-order valence-electron chi connectivity index (χ2n) is 6.36. The second kappa shape index (κ2) is 6.61. The smallest absolute Gasteiger partial charge is 0.213 e. The summed E-state index contributed by atoms with van der Waals surface area (Å²) in [4.78, 5) is 4.72. The maximum Gasteiger partial charge on any atom is 0.213 e. The average molecular weight is 322 g/mol. The van der Waals surface area contributed by atoms with Gasteiger partial charge in [-0.25, -0.2) is 9.50 Å². The lowest BCUT2D eigenvalue weighted by Gasteiger charge is -2.22.